The van der Waals surface area contributed by atoms with E-state index < -0.39 is 11.9 Å². The Balaban J connectivity index is 2.85. The van der Waals surface area contributed by atoms with Crippen LogP contribution >= 0.6 is 0 Å². The van der Waals surface area contributed by atoms with E-state index in [4.69, 9.17) is 4.74 Å². The highest BCUT2D eigenvalue weighted by Gasteiger charge is 2.30. The van der Waals surface area contributed by atoms with Crippen LogP contribution in [0.15, 0.2) is 11.1 Å². The minimum absolute atomic E-state index is 0.0126. The fourth-order valence-corrected chi connectivity index (χ4v) is 2.82. The van der Waals surface area contributed by atoms with Gasteiger partial charge < -0.3 is 9.47 Å². The average Bonchev–Trinajstić information content (AvgIpc) is 2.42. The molecule has 4 heteroatoms. The molecule has 1 rings (SSSR count). The first-order valence-corrected chi connectivity index (χ1v) is 7.15. The normalized spacial score (nSPS) is 19.4. The SMILES string of the molecule is COC(=O)CC(C(=O)OC)=C1CCC(C(C)(C)C)CC1. The van der Waals surface area contributed by atoms with E-state index in [-0.39, 0.29) is 6.42 Å². The van der Waals surface area contributed by atoms with E-state index in [0.717, 1.165) is 31.3 Å². The Morgan fingerprint density at radius 3 is 2.05 bits per heavy atom. The molecule has 1 saturated carbocycles. The van der Waals surface area contributed by atoms with Crippen molar-refractivity contribution in [3.8, 4) is 0 Å². The van der Waals surface area contributed by atoms with Crippen molar-refractivity contribution in [2.24, 2.45) is 11.3 Å². The molecule has 0 radical (unpaired) electrons. The van der Waals surface area contributed by atoms with Crippen LogP contribution in [0.2, 0.25) is 0 Å². The maximum atomic E-state index is 11.9. The first-order valence-electron chi connectivity index (χ1n) is 7.15. The van der Waals surface area contributed by atoms with Crippen molar-refractivity contribution in [2.45, 2.75) is 52.9 Å². The summed E-state index contributed by atoms with van der Waals surface area (Å²) in [4.78, 5) is 23.3. The summed E-state index contributed by atoms with van der Waals surface area (Å²) < 4.78 is 9.46. The number of rotatable bonds is 3. The molecule has 0 N–H and O–H groups in total. The van der Waals surface area contributed by atoms with E-state index in [9.17, 15) is 9.59 Å². The zero-order valence-corrected chi connectivity index (χ0v) is 13.2. The molecule has 0 unspecified atom stereocenters. The molecule has 0 aromatic heterocycles. The smallest absolute Gasteiger partial charge is 0.334 e. The van der Waals surface area contributed by atoms with E-state index >= 15 is 0 Å². The van der Waals surface area contributed by atoms with Crippen molar-refractivity contribution in [2.75, 3.05) is 14.2 Å². The van der Waals surface area contributed by atoms with Crippen molar-refractivity contribution >= 4 is 11.9 Å². The van der Waals surface area contributed by atoms with E-state index in [1.54, 1.807) is 0 Å². The molecule has 0 atom stereocenters. The molecule has 0 heterocycles. The number of hydrogen-bond acceptors (Lipinski definition) is 4. The largest absolute Gasteiger partial charge is 0.469 e. The van der Waals surface area contributed by atoms with Gasteiger partial charge >= 0.3 is 11.9 Å². The van der Waals surface area contributed by atoms with Crippen LogP contribution in [0.1, 0.15) is 52.9 Å². The molecule has 1 aliphatic rings. The molecule has 1 fully saturated rings. The van der Waals surface area contributed by atoms with Gasteiger partial charge in [0.05, 0.1) is 20.6 Å². The molecule has 0 aliphatic heterocycles. The molecule has 114 valence electrons. The van der Waals surface area contributed by atoms with E-state index in [0.29, 0.717) is 16.9 Å². The molecule has 4 nitrogen and oxygen atoms in total. The van der Waals surface area contributed by atoms with Crippen molar-refractivity contribution in [3.63, 3.8) is 0 Å². The Morgan fingerprint density at radius 1 is 1.10 bits per heavy atom. The predicted octanol–water partition coefficient (Wildman–Crippen LogP) is 3.26. The van der Waals surface area contributed by atoms with Crippen molar-refractivity contribution in [1.29, 1.82) is 0 Å². The molecular weight excluding hydrogens is 256 g/mol. The maximum Gasteiger partial charge on any atom is 0.334 e. The molecule has 0 bridgehead atoms. The van der Waals surface area contributed by atoms with Crippen LogP contribution in [-0.4, -0.2) is 26.2 Å². The van der Waals surface area contributed by atoms with Crippen LogP contribution in [0.3, 0.4) is 0 Å². The van der Waals surface area contributed by atoms with Crippen LogP contribution in [0, 0.1) is 11.3 Å². The summed E-state index contributed by atoms with van der Waals surface area (Å²) in [6.45, 7) is 6.76. The molecule has 0 aromatic carbocycles. The minimum Gasteiger partial charge on any atom is -0.469 e. The number of ether oxygens (including phenoxy) is 2. The van der Waals surface area contributed by atoms with Crippen LogP contribution in [0.4, 0.5) is 0 Å². The Morgan fingerprint density at radius 2 is 1.65 bits per heavy atom. The highest BCUT2D eigenvalue weighted by molar-refractivity contribution is 5.94. The summed E-state index contributed by atoms with van der Waals surface area (Å²) in [5.41, 5.74) is 1.84. The molecule has 0 saturated heterocycles. The number of allylic oxidation sites excluding steroid dienone is 1. The van der Waals surface area contributed by atoms with Gasteiger partial charge in [0.2, 0.25) is 0 Å². The number of esters is 2. The Hall–Kier alpha value is -1.32. The molecule has 0 aromatic rings. The van der Waals surface area contributed by atoms with Gasteiger partial charge in [-0.1, -0.05) is 26.3 Å². The van der Waals surface area contributed by atoms with Gasteiger partial charge in [0, 0.05) is 5.57 Å². The predicted molar refractivity (Wildman–Crippen MR) is 77.1 cm³/mol. The lowest BCUT2D eigenvalue weighted by Gasteiger charge is -2.35. The van der Waals surface area contributed by atoms with Gasteiger partial charge in [0.15, 0.2) is 0 Å². The number of methoxy groups -OCH3 is 2. The van der Waals surface area contributed by atoms with Crippen molar-refractivity contribution in [1.82, 2.24) is 0 Å². The fraction of sp³-hybridized carbons (Fsp3) is 0.750. The molecule has 20 heavy (non-hydrogen) atoms. The molecule has 0 amide bonds. The van der Waals surface area contributed by atoms with Crippen LogP contribution < -0.4 is 0 Å². The van der Waals surface area contributed by atoms with Gasteiger partial charge in [-0.25, -0.2) is 4.79 Å². The summed E-state index contributed by atoms with van der Waals surface area (Å²) in [6, 6.07) is 0. The van der Waals surface area contributed by atoms with Crippen molar-refractivity contribution < 1.29 is 19.1 Å². The fourth-order valence-electron chi connectivity index (χ4n) is 2.82. The third kappa shape index (κ3) is 4.36. The molecule has 1 aliphatic carbocycles. The highest BCUT2D eigenvalue weighted by atomic mass is 16.5. The topological polar surface area (TPSA) is 52.6 Å². The second kappa shape index (κ2) is 6.91. The van der Waals surface area contributed by atoms with Gasteiger partial charge in [-0.15, -0.1) is 0 Å². The van der Waals surface area contributed by atoms with Crippen LogP contribution in [0.5, 0.6) is 0 Å². The molecule has 0 spiro atoms. The summed E-state index contributed by atoms with van der Waals surface area (Å²) in [5, 5.41) is 0. The third-order valence-electron chi connectivity index (χ3n) is 4.22. The quantitative estimate of drug-likeness (QED) is 0.589. The lowest BCUT2D eigenvalue weighted by atomic mass is 9.70. The van der Waals surface area contributed by atoms with Gasteiger partial charge in [-0.2, -0.15) is 0 Å². The lowest BCUT2D eigenvalue weighted by Crippen LogP contribution is -2.24. The van der Waals surface area contributed by atoms with Gasteiger partial charge in [0.1, 0.15) is 0 Å². The minimum atomic E-state index is -0.403. The van der Waals surface area contributed by atoms with E-state index in [2.05, 4.69) is 25.5 Å². The Bertz CT molecular complexity index is 391. The average molecular weight is 282 g/mol. The first kappa shape index (κ1) is 16.7. The van der Waals surface area contributed by atoms with Gasteiger partial charge in [-0.3, -0.25) is 4.79 Å². The lowest BCUT2D eigenvalue weighted by molar-refractivity contribution is -0.143. The second-order valence-electron chi connectivity index (χ2n) is 6.47. The van der Waals surface area contributed by atoms with E-state index in [1.165, 1.54) is 14.2 Å². The second-order valence-corrected chi connectivity index (χ2v) is 6.47. The van der Waals surface area contributed by atoms with Crippen LogP contribution in [-0.2, 0) is 19.1 Å². The maximum absolute atomic E-state index is 11.9. The van der Waals surface area contributed by atoms with Crippen LogP contribution in [0.25, 0.3) is 0 Å². The summed E-state index contributed by atoms with van der Waals surface area (Å²) in [6.07, 6.45) is 3.85. The number of carbonyl (C=O) groups excluding carboxylic acids is 2. The van der Waals surface area contributed by atoms with Crippen molar-refractivity contribution in [3.05, 3.63) is 11.1 Å². The van der Waals surface area contributed by atoms with Gasteiger partial charge in [0.25, 0.3) is 0 Å². The Kier molecular flexibility index (Phi) is 5.78. The standard InChI is InChI=1S/C16H26O4/c1-16(2,3)12-8-6-11(7-9-12)13(15(18)20-5)10-14(17)19-4/h12H,6-10H2,1-5H3. The summed E-state index contributed by atoms with van der Waals surface area (Å²) in [7, 11) is 2.68. The number of hydrogen-bond donors (Lipinski definition) is 0. The summed E-state index contributed by atoms with van der Waals surface area (Å²) >= 11 is 0. The number of carbonyl (C=O) groups is 2. The highest BCUT2D eigenvalue weighted by Crippen LogP contribution is 2.40. The zero-order chi connectivity index (χ0) is 15.3. The van der Waals surface area contributed by atoms with E-state index in [1.807, 2.05) is 0 Å². The van der Waals surface area contributed by atoms with Gasteiger partial charge in [-0.05, 0) is 37.0 Å². The third-order valence-corrected chi connectivity index (χ3v) is 4.22. The zero-order valence-electron chi connectivity index (χ0n) is 13.2. The molecular formula is C16H26O4. The monoisotopic (exact) mass is 282 g/mol. The first-order chi connectivity index (χ1) is 9.29. The Labute approximate surface area is 121 Å². The summed E-state index contributed by atoms with van der Waals surface area (Å²) in [5.74, 6) is -0.140.